The molecule has 1 aromatic carbocycles. The van der Waals surface area contributed by atoms with Crippen LogP contribution < -0.4 is 16.1 Å². The molecule has 0 aliphatic carbocycles. The lowest BCUT2D eigenvalue weighted by Gasteiger charge is -2.06. The van der Waals surface area contributed by atoms with E-state index in [2.05, 4.69) is 15.7 Å². The van der Waals surface area contributed by atoms with E-state index in [1.165, 1.54) is 0 Å². The van der Waals surface area contributed by atoms with Gasteiger partial charge in [-0.15, -0.1) is 0 Å². The van der Waals surface area contributed by atoms with Crippen LogP contribution in [0.25, 0.3) is 0 Å². The Bertz CT molecular complexity index is 613. The summed E-state index contributed by atoms with van der Waals surface area (Å²) in [6, 6.07) is 7.35. The summed E-state index contributed by atoms with van der Waals surface area (Å²) in [6.07, 6.45) is -0.0213. The number of benzene rings is 1. The average molecular weight is 320 g/mol. The van der Waals surface area contributed by atoms with Crippen molar-refractivity contribution in [1.29, 1.82) is 0 Å². The highest BCUT2D eigenvalue weighted by Gasteiger charge is 2.12. The molecule has 0 spiro atoms. The molecule has 4 N–H and O–H groups in total. The van der Waals surface area contributed by atoms with Gasteiger partial charge in [0.25, 0.3) is 0 Å². The Labute approximate surface area is 134 Å². The maximum absolute atomic E-state index is 11.8. The molecular weight excluding hydrogens is 300 g/mol. The monoisotopic (exact) mass is 320 g/mol. The minimum absolute atomic E-state index is 0.0200. The van der Waals surface area contributed by atoms with Crippen molar-refractivity contribution in [3.8, 4) is 0 Å². The molecule has 3 amide bonds. The Hall–Kier alpha value is -2.74. The lowest BCUT2D eigenvalue weighted by atomic mass is 10.2. The van der Waals surface area contributed by atoms with Crippen molar-refractivity contribution < 1.29 is 19.5 Å². The second-order valence-electron chi connectivity index (χ2n) is 4.86. The number of aliphatic hydroxyl groups excluding tert-OH is 1. The van der Waals surface area contributed by atoms with Gasteiger partial charge in [-0.1, -0.05) is 12.1 Å². The molecule has 1 aromatic rings. The summed E-state index contributed by atoms with van der Waals surface area (Å²) in [5, 5.41) is 17.1. The number of hydrogen-bond acceptors (Lipinski definition) is 5. The first-order chi connectivity index (χ1) is 10.9. The topological polar surface area (TPSA) is 120 Å². The maximum atomic E-state index is 11.8. The molecule has 0 fully saturated rings. The zero-order valence-electron chi connectivity index (χ0n) is 13.0. The number of carbonyl (C=O) groups is 3. The first-order valence-electron chi connectivity index (χ1n) is 7.01. The Balaban J connectivity index is 2.45. The van der Waals surface area contributed by atoms with Crippen molar-refractivity contribution in [3.63, 3.8) is 0 Å². The zero-order chi connectivity index (χ0) is 17.2. The second kappa shape index (κ2) is 9.31. The van der Waals surface area contributed by atoms with Crippen LogP contribution in [0.4, 0.5) is 5.69 Å². The number of aryl methyl sites for hydroxylation is 1. The molecule has 0 aliphatic heterocycles. The number of hydrazone groups is 1. The molecule has 0 unspecified atom stereocenters. The number of nitrogens with zero attached hydrogens (tertiary/aromatic N) is 1. The SMILES string of the molecule is CC(CC(=O)Nc1cccc(C)c1)=NNC(=O)C(=O)NCCO. The summed E-state index contributed by atoms with van der Waals surface area (Å²) in [5.41, 5.74) is 4.09. The van der Waals surface area contributed by atoms with Crippen LogP contribution in [0.15, 0.2) is 29.4 Å². The number of anilines is 1. The van der Waals surface area contributed by atoms with Crippen molar-refractivity contribution >= 4 is 29.1 Å². The van der Waals surface area contributed by atoms with E-state index in [-0.39, 0.29) is 25.5 Å². The van der Waals surface area contributed by atoms with E-state index in [0.717, 1.165) is 5.56 Å². The van der Waals surface area contributed by atoms with Gasteiger partial charge in [0.1, 0.15) is 0 Å². The molecule has 0 saturated carbocycles. The van der Waals surface area contributed by atoms with E-state index in [9.17, 15) is 14.4 Å². The number of amides is 3. The van der Waals surface area contributed by atoms with E-state index in [1.807, 2.05) is 30.5 Å². The van der Waals surface area contributed by atoms with Gasteiger partial charge in [-0.3, -0.25) is 14.4 Å². The third kappa shape index (κ3) is 7.18. The van der Waals surface area contributed by atoms with Gasteiger partial charge in [0, 0.05) is 17.9 Å². The first kappa shape index (κ1) is 18.3. The summed E-state index contributed by atoms with van der Waals surface area (Å²) in [6.45, 7) is 3.19. The summed E-state index contributed by atoms with van der Waals surface area (Å²) in [5.74, 6) is -2.15. The maximum Gasteiger partial charge on any atom is 0.329 e. The molecule has 1 rings (SSSR count). The molecule has 23 heavy (non-hydrogen) atoms. The molecule has 0 bridgehead atoms. The molecule has 8 heteroatoms. The summed E-state index contributed by atoms with van der Waals surface area (Å²) < 4.78 is 0. The van der Waals surface area contributed by atoms with Gasteiger partial charge < -0.3 is 15.7 Å². The largest absolute Gasteiger partial charge is 0.395 e. The minimum Gasteiger partial charge on any atom is -0.395 e. The van der Waals surface area contributed by atoms with Gasteiger partial charge >= 0.3 is 11.8 Å². The molecule has 0 radical (unpaired) electrons. The molecule has 0 saturated heterocycles. The Morgan fingerprint density at radius 1 is 1.22 bits per heavy atom. The quantitative estimate of drug-likeness (QED) is 0.333. The van der Waals surface area contributed by atoms with Crippen molar-refractivity contribution in [2.24, 2.45) is 5.10 Å². The zero-order valence-corrected chi connectivity index (χ0v) is 13.0. The van der Waals surface area contributed by atoms with Crippen LogP contribution in [0.5, 0.6) is 0 Å². The third-order valence-corrected chi connectivity index (χ3v) is 2.67. The minimum atomic E-state index is -0.961. The number of aliphatic hydroxyl groups is 1. The summed E-state index contributed by atoms with van der Waals surface area (Å²) in [7, 11) is 0. The molecular formula is C15H20N4O4. The number of carbonyl (C=O) groups excluding carboxylic acids is 3. The van der Waals surface area contributed by atoms with Crippen LogP contribution in [0.3, 0.4) is 0 Å². The fourth-order valence-electron chi connectivity index (χ4n) is 1.65. The van der Waals surface area contributed by atoms with Gasteiger partial charge in [-0.2, -0.15) is 5.10 Å². The normalized spacial score (nSPS) is 10.8. The molecule has 0 aliphatic rings. The Kier molecular flexibility index (Phi) is 7.41. The van der Waals surface area contributed by atoms with Gasteiger partial charge in [-0.25, -0.2) is 5.43 Å². The average Bonchev–Trinajstić information content (AvgIpc) is 2.50. The van der Waals surface area contributed by atoms with Crippen molar-refractivity contribution in [3.05, 3.63) is 29.8 Å². The standard InChI is InChI=1S/C15H20N4O4/c1-10-4-3-5-12(8-10)17-13(21)9-11(2)18-19-15(23)14(22)16-6-7-20/h3-5,8,20H,6-7,9H2,1-2H3,(H,16,22)(H,17,21)(H,19,23). The smallest absolute Gasteiger partial charge is 0.329 e. The first-order valence-corrected chi connectivity index (χ1v) is 7.01. The lowest BCUT2D eigenvalue weighted by molar-refractivity contribution is -0.139. The van der Waals surface area contributed by atoms with Gasteiger partial charge in [0.15, 0.2) is 0 Å². The number of rotatable bonds is 6. The summed E-state index contributed by atoms with van der Waals surface area (Å²) in [4.78, 5) is 34.4. The lowest BCUT2D eigenvalue weighted by Crippen LogP contribution is -2.39. The van der Waals surface area contributed by atoms with E-state index in [4.69, 9.17) is 5.11 Å². The third-order valence-electron chi connectivity index (χ3n) is 2.67. The van der Waals surface area contributed by atoms with E-state index < -0.39 is 11.8 Å². The molecule has 8 nitrogen and oxygen atoms in total. The highest BCUT2D eigenvalue weighted by Crippen LogP contribution is 2.09. The van der Waals surface area contributed by atoms with Crippen molar-refractivity contribution in [2.45, 2.75) is 20.3 Å². The van der Waals surface area contributed by atoms with Gasteiger partial charge in [0.05, 0.1) is 13.0 Å². The number of nitrogens with one attached hydrogen (secondary N) is 3. The van der Waals surface area contributed by atoms with Crippen LogP contribution in [-0.2, 0) is 14.4 Å². The highest BCUT2D eigenvalue weighted by atomic mass is 16.3. The van der Waals surface area contributed by atoms with Crippen molar-refractivity contribution in [1.82, 2.24) is 10.7 Å². The molecule has 0 heterocycles. The van der Waals surface area contributed by atoms with Gasteiger partial charge in [0.2, 0.25) is 5.91 Å². The van der Waals surface area contributed by atoms with Crippen LogP contribution in [0.1, 0.15) is 18.9 Å². The summed E-state index contributed by atoms with van der Waals surface area (Å²) >= 11 is 0. The van der Waals surface area contributed by atoms with E-state index >= 15 is 0 Å². The predicted molar refractivity (Wildman–Crippen MR) is 85.8 cm³/mol. The van der Waals surface area contributed by atoms with E-state index in [1.54, 1.807) is 13.0 Å². The molecule has 0 aromatic heterocycles. The Morgan fingerprint density at radius 2 is 1.96 bits per heavy atom. The van der Waals surface area contributed by atoms with E-state index in [0.29, 0.717) is 11.4 Å². The van der Waals surface area contributed by atoms with Crippen LogP contribution >= 0.6 is 0 Å². The van der Waals surface area contributed by atoms with Gasteiger partial charge in [-0.05, 0) is 31.5 Å². The molecule has 0 atom stereocenters. The van der Waals surface area contributed by atoms with Crippen LogP contribution in [-0.4, -0.2) is 41.7 Å². The number of hydrogen-bond donors (Lipinski definition) is 4. The second-order valence-corrected chi connectivity index (χ2v) is 4.86. The van der Waals surface area contributed by atoms with Crippen LogP contribution in [0, 0.1) is 6.92 Å². The highest BCUT2D eigenvalue weighted by molar-refractivity contribution is 6.35. The fraction of sp³-hybridized carbons (Fsp3) is 0.333. The van der Waals surface area contributed by atoms with Crippen LogP contribution in [0.2, 0.25) is 0 Å². The molecule has 124 valence electrons. The fourth-order valence-corrected chi connectivity index (χ4v) is 1.65. The Morgan fingerprint density at radius 3 is 2.61 bits per heavy atom. The van der Waals surface area contributed by atoms with Crippen molar-refractivity contribution in [2.75, 3.05) is 18.5 Å². The predicted octanol–water partition coefficient (Wildman–Crippen LogP) is -0.0758.